The van der Waals surface area contributed by atoms with Crippen LogP contribution in [-0.2, 0) is 30.5 Å². The molecule has 176 valence electrons. The van der Waals surface area contributed by atoms with Gasteiger partial charge < -0.3 is 19.9 Å². The van der Waals surface area contributed by atoms with Crippen molar-refractivity contribution in [2.45, 2.75) is 31.9 Å². The number of carbonyl (C=O) groups is 4. The summed E-state index contributed by atoms with van der Waals surface area (Å²) in [4.78, 5) is 48.4. The van der Waals surface area contributed by atoms with Crippen LogP contribution in [0, 0.1) is 0 Å². The van der Waals surface area contributed by atoms with Gasteiger partial charge in [-0.3, -0.25) is 14.4 Å². The third-order valence-corrected chi connectivity index (χ3v) is 5.27. The fourth-order valence-corrected chi connectivity index (χ4v) is 3.45. The first-order chi connectivity index (χ1) is 16.3. The highest BCUT2D eigenvalue weighted by molar-refractivity contribution is 5.94. The minimum absolute atomic E-state index is 0.0435. The van der Waals surface area contributed by atoms with Crippen molar-refractivity contribution in [3.05, 3.63) is 83.9 Å². The number of alkyl carbamates (subject to hydrolysis) is 1. The van der Waals surface area contributed by atoms with Crippen LogP contribution in [0.1, 0.15) is 30.4 Å². The number of Topliss-reactive ketones (excluding diaryl/α,β-unsaturated/α-hetero) is 1. The summed E-state index contributed by atoms with van der Waals surface area (Å²) < 4.78 is 10.2. The van der Waals surface area contributed by atoms with Gasteiger partial charge in [0.1, 0.15) is 12.6 Å². The number of rotatable bonds is 10. The number of ketones is 1. The summed E-state index contributed by atoms with van der Waals surface area (Å²) in [6.07, 6.45) is -1.62. The van der Waals surface area contributed by atoms with E-state index in [9.17, 15) is 19.2 Å². The Hall–Kier alpha value is -4.20. The Bertz CT molecular complexity index is 1170. The Morgan fingerprint density at radius 3 is 2.29 bits per heavy atom. The molecule has 34 heavy (non-hydrogen) atoms. The Morgan fingerprint density at radius 2 is 1.56 bits per heavy atom. The van der Waals surface area contributed by atoms with Crippen molar-refractivity contribution in [2.24, 2.45) is 0 Å². The van der Waals surface area contributed by atoms with Gasteiger partial charge in [-0.1, -0.05) is 72.8 Å². The molecule has 2 N–H and O–H groups in total. The van der Waals surface area contributed by atoms with E-state index in [4.69, 9.17) is 14.6 Å². The maximum Gasteiger partial charge on any atom is 0.408 e. The third kappa shape index (κ3) is 6.65. The molecule has 0 radical (unpaired) electrons. The molecule has 0 saturated carbocycles. The van der Waals surface area contributed by atoms with Crippen molar-refractivity contribution < 1.29 is 33.8 Å². The Balaban J connectivity index is 1.58. The van der Waals surface area contributed by atoms with E-state index in [1.807, 2.05) is 48.5 Å². The summed E-state index contributed by atoms with van der Waals surface area (Å²) in [5.41, 5.74) is 1.48. The molecule has 3 aromatic carbocycles. The molecule has 0 aliphatic heterocycles. The molecule has 8 heteroatoms. The third-order valence-electron chi connectivity index (χ3n) is 5.27. The Labute approximate surface area is 196 Å². The highest BCUT2D eigenvalue weighted by Gasteiger charge is 2.27. The van der Waals surface area contributed by atoms with Crippen molar-refractivity contribution in [1.29, 1.82) is 0 Å². The van der Waals surface area contributed by atoms with Gasteiger partial charge in [0.2, 0.25) is 0 Å². The van der Waals surface area contributed by atoms with Crippen LogP contribution in [0.5, 0.6) is 0 Å². The lowest BCUT2D eigenvalue weighted by atomic mass is 9.95. The molecule has 0 aliphatic carbocycles. The van der Waals surface area contributed by atoms with Gasteiger partial charge in [-0.25, -0.2) is 4.79 Å². The summed E-state index contributed by atoms with van der Waals surface area (Å²) in [5.74, 6) is -3.33. The summed E-state index contributed by atoms with van der Waals surface area (Å²) in [6, 6.07) is 20.6. The maximum absolute atomic E-state index is 12.6. The van der Waals surface area contributed by atoms with E-state index in [1.54, 1.807) is 31.2 Å². The summed E-state index contributed by atoms with van der Waals surface area (Å²) in [7, 11) is 0. The highest BCUT2D eigenvalue weighted by atomic mass is 16.5. The molecule has 0 saturated heterocycles. The van der Waals surface area contributed by atoms with Gasteiger partial charge in [0.05, 0.1) is 12.3 Å². The van der Waals surface area contributed by atoms with E-state index in [0.717, 1.165) is 21.9 Å². The quantitative estimate of drug-likeness (QED) is 0.439. The van der Waals surface area contributed by atoms with Crippen LogP contribution in [-0.4, -0.2) is 41.6 Å². The van der Waals surface area contributed by atoms with Gasteiger partial charge in [-0.2, -0.15) is 0 Å². The average Bonchev–Trinajstić information content (AvgIpc) is 2.85. The zero-order chi connectivity index (χ0) is 24.5. The molecular weight excluding hydrogens is 438 g/mol. The number of fused-ring (bicyclic) bond motifs is 1. The Kier molecular flexibility index (Phi) is 8.34. The van der Waals surface area contributed by atoms with Crippen LogP contribution < -0.4 is 5.32 Å². The summed E-state index contributed by atoms with van der Waals surface area (Å²) >= 11 is 0. The SMILES string of the molecule is CC(C(=O)OCC(=O)[C@H](CC(=O)O)NC(=O)OCc1ccccc1)c1cccc2ccccc12. The number of ether oxygens (including phenoxy) is 2. The number of hydrogen-bond donors (Lipinski definition) is 2. The number of aliphatic carboxylic acids is 1. The molecule has 2 atom stereocenters. The smallest absolute Gasteiger partial charge is 0.408 e. The second kappa shape index (κ2) is 11.6. The first-order valence-corrected chi connectivity index (χ1v) is 10.7. The number of amides is 1. The molecule has 0 heterocycles. The van der Waals surface area contributed by atoms with Gasteiger partial charge in [0, 0.05) is 0 Å². The second-order valence-corrected chi connectivity index (χ2v) is 7.72. The normalized spacial score (nSPS) is 12.4. The molecule has 0 aromatic heterocycles. The first-order valence-electron chi connectivity index (χ1n) is 10.7. The molecule has 3 aromatic rings. The predicted molar refractivity (Wildman–Crippen MR) is 124 cm³/mol. The lowest BCUT2D eigenvalue weighted by molar-refractivity contribution is -0.150. The topological polar surface area (TPSA) is 119 Å². The van der Waals surface area contributed by atoms with Gasteiger partial charge in [-0.05, 0) is 28.8 Å². The molecule has 3 rings (SSSR count). The zero-order valence-electron chi connectivity index (χ0n) is 18.6. The van der Waals surface area contributed by atoms with Crippen molar-refractivity contribution >= 4 is 34.6 Å². The molecule has 0 fully saturated rings. The predicted octanol–water partition coefficient (Wildman–Crippen LogP) is 3.83. The molecule has 1 unspecified atom stereocenters. The number of esters is 1. The maximum atomic E-state index is 12.6. The van der Waals surface area contributed by atoms with Gasteiger partial charge in [-0.15, -0.1) is 0 Å². The number of carboxylic acid groups (broad SMARTS) is 1. The van der Waals surface area contributed by atoms with Gasteiger partial charge in [0.15, 0.2) is 12.4 Å². The van der Waals surface area contributed by atoms with Crippen molar-refractivity contribution in [3.63, 3.8) is 0 Å². The van der Waals surface area contributed by atoms with Crippen molar-refractivity contribution in [3.8, 4) is 0 Å². The monoisotopic (exact) mass is 463 g/mol. The van der Waals surface area contributed by atoms with Crippen LogP contribution in [0.25, 0.3) is 10.8 Å². The molecule has 0 bridgehead atoms. The zero-order valence-corrected chi connectivity index (χ0v) is 18.6. The molecule has 8 nitrogen and oxygen atoms in total. The number of hydrogen-bond acceptors (Lipinski definition) is 6. The van der Waals surface area contributed by atoms with Crippen molar-refractivity contribution in [2.75, 3.05) is 6.61 Å². The molecule has 0 spiro atoms. The van der Waals surface area contributed by atoms with E-state index in [2.05, 4.69) is 5.32 Å². The molecule has 0 aliphatic rings. The fourth-order valence-electron chi connectivity index (χ4n) is 3.45. The minimum Gasteiger partial charge on any atom is -0.481 e. The van der Waals surface area contributed by atoms with E-state index in [0.29, 0.717) is 0 Å². The number of carboxylic acids is 1. The van der Waals surface area contributed by atoms with Crippen LogP contribution in [0.15, 0.2) is 72.8 Å². The average molecular weight is 463 g/mol. The molecule has 1 amide bonds. The minimum atomic E-state index is -1.40. The highest BCUT2D eigenvalue weighted by Crippen LogP contribution is 2.26. The van der Waals surface area contributed by atoms with Gasteiger partial charge >= 0.3 is 18.0 Å². The largest absolute Gasteiger partial charge is 0.481 e. The van der Waals surface area contributed by atoms with E-state index < -0.39 is 48.8 Å². The lowest BCUT2D eigenvalue weighted by Crippen LogP contribution is -2.44. The summed E-state index contributed by atoms with van der Waals surface area (Å²) in [5, 5.41) is 13.2. The molecular formula is C26H25NO7. The van der Waals surface area contributed by atoms with Gasteiger partial charge in [0.25, 0.3) is 0 Å². The van der Waals surface area contributed by atoms with E-state index >= 15 is 0 Å². The van der Waals surface area contributed by atoms with E-state index in [-0.39, 0.29) is 6.61 Å². The summed E-state index contributed by atoms with van der Waals surface area (Å²) in [6.45, 7) is 0.950. The fraction of sp³-hybridized carbons (Fsp3) is 0.231. The first kappa shape index (κ1) is 24.4. The number of carbonyl (C=O) groups excluding carboxylic acids is 3. The lowest BCUT2D eigenvalue weighted by Gasteiger charge is -2.17. The van der Waals surface area contributed by atoms with Crippen molar-refractivity contribution in [1.82, 2.24) is 5.32 Å². The standard InChI is InChI=1S/C26H25NO7/c1-17(20-13-7-11-19-10-5-6-12-21(19)20)25(31)33-16-23(28)22(14-24(29)30)27-26(32)34-15-18-8-3-2-4-9-18/h2-13,17,22H,14-16H2,1H3,(H,27,32)(H,29,30)/t17?,22-/m0/s1. The van der Waals surface area contributed by atoms with Crippen LogP contribution in [0.2, 0.25) is 0 Å². The van der Waals surface area contributed by atoms with Crippen LogP contribution >= 0.6 is 0 Å². The number of benzene rings is 3. The van der Waals surface area contributed by atoms with Crippen LogP contribution in [0.4, 0.5) is 4.79 Å². The van der Waals surface area contributed by atoms with E-state index in [1.165, 1.54) is 0 Å². The second-order valence-electron chi connectivity index (χ2n) is 7.72. The van der Waals surface area contributed by atoms with Crippen LogP contribution in [0.3, 0.4) is 0 Å². The Morgan fingerprint density at radius 1 is 0.882 bits per heavy atom. The number of nitrogens with one attached hydrogen (secondary N) is 1.